The van der Waals surface area contributed by atoms with Crippen LogP contribution >= 0.6 is 0 Å². The SMILES string of the molecule is CCOC1CC(n2nc(C)c([N+](=O)[O-])c2N)C1. The maximum atomic E-state index is 10.8. The summed E-state index contributed by atoms with van der Waals surface area (Å²) >= 11 is 0. The third-order valence-electron chi connectivity index (χ3n) is 3.09. The highest BCUT2D eigenvalue weighted by molar-refractivity contribution is 5.56. The van der Waals surface area contributed by atoms with Crippen LogP contribution in [0.25, 0.3) is 0 Å². The van der Waals surface area contributed by atoms with Crippen molar-refractivity contribution >= 4 is 11.5 Å². The van der Waals surface area contributed by atoms with E-state index >= 15 is 0 Å². The second-order valence-corrected chi connectivity index (χ2v) is 4.22. The molecule has 0 spiro atoms. The fraction of sp³-hybridized carbons (Fsp3) is 0.700. The normalized spacial score (nSPS) is 23.4. The summed E-state index contributed by atoms with van der Waals surface area (Å²) in [5, 5.41) is 14.9. The second kappa shape index (κ2) is 4.33. The van der Waals surface area contributed by atoms with Crippen molar-refractivity contribution in [3.63, 3.8) is 0 Å². The average molecular weight is 240 g/mol. The van der Waals surface area contributed by atoms with E-state index in [1.54, 1.807) is 11.6 Å². The van der Waals surface area contributed by atoms with Gasteiger partial charge in [-0.2, -0.15) is 5.10 Å². The monoisotopic (exact) mass is 240 g/mol. The number of hydrogen-bond donors (Lipinski definition) is 1. The van der Waals surface area contributed by atoms with Gasteiger partial charge in [0.15, 0.2) is 0 Å². The molecule has 1 heterocycles. The van der Waals surface area contributed by atoms with Gasteiger partial charge in [-0.25, -0.2) is 4.68 Å². The van der Waals surface area contributed by atoms with Gasteiger partial charge < -0.3 is 10.5 Å². The molecule has 0 atom stereocenters. The van der Waals surface area contributed by atoms with Crippen LogP contribution in [0, 0.1) is 17.0 Å². The number of anilines is 1. The largest absolute Gasteiger partial charge is 0.378 e. The van der Waals surface area contributed by atoms with Crippen LogP contribution in [0.5, 0.6) is 0 Å². The molecular weight excluding hydrogens is 224 g/mol. The minimum Gasteiger partial charge on any atom is -0.378 e. The summed E-state index contributed by atoms with van der Waals surface area (Å²) in [4.78, 5) is 10.3. The van der Waals surface area contributed by atoms with Crippen molar-refractivity contribution in [1.29, 1.82) is 0 Å². The number of aromatic nitrogens is 2. The van der Waals surface area contributed by atoms with Crippen LogP contribution in [0.3, 0.4) is 0 Å². The summed E-state index contributed by atoms with van der Waals surface area (Å²) in [7, 11) is 0. The van der Waals surface area contributed by atoms with Gasteiger partial charge in [0.05, 0.1) is 17.1 Å². The average Bonchev–Trinajstić information content (AvgIpc) is 2.47. The Morgan fingerprint density at radius 3 is 2.76 bits per heavy atom. The van der Waals surface area contributed by atoms with Crippen LogP contribution in [-0.2, 0) is 4.74 Å². The third kappa shape index (κ3) is 1.97. The van der Waals surface area contributed by atoms with Crippen LogP contribution in [0.15, 0.2) is 0 Å². The van der Waals surface area contributed by atoms with E-state index in [2.05, 4.69) is 5.10 Å². The van der Waals surface area contributed by atoms with Crippen molar-refractivity contribution in [3.05, 3.63) is 15.8 Å². The molecular formula is C10H16N4O3. The lowest BCUT2D eigenvalue weighted by Gasteiger charge is -2.35. The second-order valence-electron chi connectivity index (χ2n) is 4.22. The highest BCUT2D eigenvalue weighted by Crippen LogP contribution is 2.38. The molecule has 1 fully saturated rings. The van der Waals surface area contributed by atoms with E-state index in [0.717, 1.165) is 12.8 Å². The molecule has 0 amide bonds. The molecule has 2 rings (SSSR count). The Morgan fingerprint density at radius 2 is 2.29 bits per heavy atom. The molecule has 0 aliphatic heterocycles. The zero-order valence-electron chi connectivity index (χ0n) is 9.92. The Labute approximate surface area is 98.7 Å². The highest BCUT2D eigenvalue weighted by atomic mass is 16.6. The van der Waals surface area contributed by atoms with E-state index in [9.17, 15) is 10.1 Å². The number of nitro groups is 1. The van der Waals surface area contributed by atoms with Crippen molar-refractivity contribution in [2.24, 2.45) is 0 Å². The van der Waals surface area contributed by atoms with Crippen LogP contribution in [0.1, 0.15) is 31.5 Å². The van der Waals surface area contributed by atoms with Gasteiger partial charge in [-0.05, 0) is 26.7 Å². The molecule has 1 aliphatic carbocycles. The summed E-state index contributed by atoms with van der Waals surface area (Å²) in [5.74, 6) is 0.146. The van der Waals surface area contributed by atoms with Gasteiger partial charge in [0, 0.05) is 6.61 Å². The smallest absolute Gasteiger partial charge is 0.333 e. The van der Waals surface area contributed by atoms with E-state index < -0.39 is 4.92 Å². The van der Waals surface area contributed by atoms with Gasteiger partial charge in [0.25, 0.3) is 0 Å². The molecule has 0 unspecified atom stereocenters. The quantitative estimate of drug-likeness (QED) is 0.634. The highest BCUT2D eigenvalue weighted by Gasteiger charge is 2.35. The van der Waals surface area contributed by atoms with Crippen LogP contribution in [0.2, 0.25) is 0 Å². The summed E-state index contributed by atoms with van der Waals surface area (Å²) in [6.07, 6.45) is 1.86. The molecule has 0 radical (unpaired) electrons. The standard InChI is InChI=1S/C10H16N4O3/c1-3-17-8-4-7(5-8)13-10(11)9(14(15)16)6(2)12-13/h7-8H,3-5,11H2,1-2H3. The summed E-state index contributed by atoms with van der Waals surface area (Å²) in [5.41, 5.74) is 6.04. The molecule has 1 aromatic heterocycles. The molecule has 2 N–H and O–H groups in total. The van der Waals surface area contributed by atoms with Crippen molar-refractivity contribution < 1.29 is 9.66 Å². The predicted octanol–water partition coefficient (Wildman–Crippen LogP) is 1.42. The molecule has 0 bridgehead atoms. The summed E-state index contributed by atoms with van der Waals surface area (Å²) < 4.78 is 7.00. The molecule has 1 saturated carbocycles. The zero-order valence-corrected chi connectivity index (χ0v) is 9.92. The van der Waals surface area contributed by atoms with E-state index in [4.69, 9.17) is 10.5 Å². The Hall–Kier alpha value is -1.63. The molecule has 1 aromatic rings. The first-order valence-corrected chi connectivity index (χ1v) is 5.65. The lowest BCUT2D eigenvalue weighted by atomic mass is 9.89. The predicted molar refractivity (Wildman–Crippen MR) is 61.7 cm³/mol. The number of nitrogens with zero attached hydrogens (tertiary/aromatic N) is 3. The van der Waals surface area contributed by atoms with Crippen molar-refractivity contribution in [2.75, 3.05) is 12.3 Å². The number of hydrogen-bond acceptors (Lipinski definition) is 5. The van der Waals surface area contributed by atoms with Gasteiger partial charge in [0.1, 0.15) is 5.69 Å². The topological polar surface area (TPSA) is 96.2 Å². The number of nitrogens with two attached hydrogens (primary N) is 1. The Kier molecular flexibility index (Phi) is 3.01. The minimum atomic E-state index is -0.479. The Bertz CT molecular complexity index is 437. The Balaban J connectivity index is 2.14. The molecule has 17 heavy (non-hydrogen) atoms. The van der Waals surface area contributed by atoms with Crippen molar-refractivity contribution in [1.82, 2.24) is 9.78 Å². The van der Waals surface area contributed by atoms with Crippen LogP contribution in [-0.4, -0.2) is 27.4 Å². The van der Waals surface area contributed by atoms with E-state index in [-0.39, 0.29) is 23.7 Å². The number of ether oxygens (including phenoxy) is 1. The minimum absolute atomic E-state index is 0.0788. The molecule has 94 valence electrons. The van der Waals surface area contributed by atoms with Crippen molar-refractivity contribution in [2.45, 2.75) is 38.8 Å². The molecule has 7 heteroatoms. The summed E-state index contributed by atoms with van der Waals surface area (Å²) in [6.45, 7) is 4.24. The third-order valence-corrected chi connectivity index (χ3v) is 3.09. The van der Waals surface area contributed by atoms with Crippen LogP contribution < -0.4 is 5.73 Å². The lowest BCUT2D eigenvalue weighted by molar-refractivity contribution is -0.384. The number of nitrogen functional groups attached to an aromatic ring is 1. The fourth-order valence-corrected chi connectivity index (χ4v) is 2.17. The van der Waals surface area contributed by atoms with Crippen molar-refractivity contribution in [3.8, 4) is 0 Å². The summed E-state index contributed by atoms with van der Waals surface area (Å²) in [6, 6.07) is 0.124. The van der Waals surface area contributed by atoms with E-state index in [0.29, 0.717) is 12.3 Å². The Morgan fingerprint density at radius 1 is 1.65 bits per heavy atom. The van der Waals surface area contributed by atoms with Gasteiger partial charge in [-0.1, -0.05) is 0 Å². The molecule has 1 aliphatic rings. The fourth-order valence-electron chi connectivity index (χ4n) is 2.17. The molecule has 0 aromatic carbocycles. The maximum absolute atomic E-state index is 10.8. The molecule has 7 nitrogen and oxygen atoms in total. The van der Waals surface area contributed by atoms with Gasteiger partial charge >= 0.3 is 5.69 Å². The number of aryl methyl sites for hydroxylation is 1. The maximum Gasteiger partial charge on any atom is 0.333 e. The lowest BCUT2D eigenvalue weighted by Crippen LogP contribution is -2.34. The van der Waals surface area contributed by atoms with E-state index in [1.165, 1.54) is 0 Å². The first kappa shape index (κ1) is 11.8. The van der Waals surface area contributed by atoms with Crippen LogP contribution in [0.4, 0.5) is 11.5 Å². The first-order valence-electron chi connectivity index (χ1n) is 5.65. The molecule has 0 saturated heterocycles. The van der Waals surface area contributed by atoms with E-state index in [1.807, 2.05) is 6.92 Å². The van der Waals surface area contributed by atoms with Gasteiger partial charge in [-0.15, -0.1) is 0 Å². The van der Waals surface area contributed by atoms with Gasteiger partial charge in [0.2, 0.25) is 5.82 Å². The van der Waals surface area contributed by atoms with Gasteiger partial charge in [-0.3, -0.25) is 10.1 Å². The zero-order chi connectivity index (χ0) is 12.6. The number of rotatable bonds is 4. The first-order chi connectivity index (χ1) is 8.04.